The van der Waals surface area contributed by atoms with Crippen LogP contribution in [0, 0.1) is 0 Å². The third-order valence-electron chi connectivity index (χ3n) is 4.65. The van der Waals surface area contributed by atoms with Gasteiger partial charge >= 0.3 is 0 Å². The van der Waals surface area contributed by atoms with Gasteiger partial charge in [0, 0.05) is 29.4 Å². The molecule has 0 aromatic heterocycles. The van der Waals surface area contributed by atoms with Crippen LogP contribution in [0.3, 0.4) is 0 Å². The number of likely N-dealkylation sites (N-methyl/N-ethyl adjacent to an activating group) is 1. The Hall–Kier alpha value is -1.97. The third kappa shape index (κ3) is 3.58. The number of fused-ring (bicyclic) bond motifs is 1. The summed E-state index contributed by atoms with van der Waals surface area (Å²) in [6.07, 6.45) is 0.915. The van der Waals surface area contributed by atoms with Crippen molar-refractivity contribution in [3.8, 4) is 5.75 Å². The molecule has 0 amide bonds. The van der Waals surface area contributed by atoms with Gasteiger partial charge in [0.25, 0.3) is 0 Å². The Morgan fingerprint density at radius 3 is 2.67 bits per heavy atom. The molecule has 1 aliphatic heterocycles. The summed E-state index contributed by atoms with van der Waals surface area (Å²) in [6.45, 7) is 6.02. The zero-order valence-electron chi connectivity index (χ0n) is 14.2. The second kappa shape index (κ2) is 7.29. The number of benzene rings is 2. The second-order valence-corrected chi connectivity index (χ2v) is 6.63. The summed E-state index contributed by atoms with van der Waals surface area (Å²) in [5, 5.41) is 4.32. The van der Waals surface area contributed by atoms with Crippen LogP contribution in [-0.4, -0.2) is 32.1 Å². The highest BCUT2D eigenvalue weighted by Gasteiger charge is 2.20. The van der Waals surface area contributed by atoms with Crippen molar-refractivity contribution < 1.29 is 4.74 Å². The van der Waals surface area contributed by atoms with Crippen LogP contribution in [0.1, 0.15) is 23.6 Å². The number of hydrogen-bond acceptors (Lipinski definition) is 3. The predicted octanol–water partition coefficient (Wildman–Crippen LogP) is 4.85. The van der Waals surface area contributed by atoms with E-state index in [0.29, 0.717) is 0 Å². The fourth-order valence-electron chi connectivity index (χ4n) is 3.13. The van der Waals surface area contributed by atoms with Crippen molar-refractivity contribution in [2.75, 3.05) is 32.6 Å². The van der Waals surface area contributed by atoms with Gasteiger partial charge in [0.1, 0.15) is 5.75 Å². The average molecular weight is 343 g/mol. The van der Waals surface area contributed by atoms with Crippen molar-refractivity contribution in [2.45, 2.75) is 12.5 Å². The van der Waals surface area contributed by atoms with Crippen molar-refractivity contribution >= 4 is 22.9 Å². The molecule has 126 valence electrons. The molecule has 0 saturated carbocycles. The van der Waals surface area contributed by atoms with Crippen LogP contribution in [-0.2, 0) is 0 Å². The van der Waals surface area contributed by atoms with Gasteiger partial charge in [-0.2, -0.15) is 0 Å². The minimum atomic E-state index is 0.283. The zero-order chi connectivity index (χ0) is 17.1. The van der Waals surface area contributed by atoms with E-state index in [1.54, 1.807) is 7.11 Å². The van der Waals surface area contributed by atoms with Gasteiger partial charge in [-0.1, -0.05) is 30.3 Å². The Morgan fingerprint density at radius 2 is 1.96 bits per heavy atom. The van der Waals surface area contributed by atoms with Gasteiger partial charge in [0.2, 0.25) is 0 Å². The summed E-state index contributed by atoms with van der Waals surface area (Å²) in [5.74, 6) is 0.880. The molecule has 0 radical (unpaired) electrons. The van der Waals surface area contributed by atoms with Gasteiger partial charge in [-0.3, -0.25) is 4.90 Å². The molecule has 2 aromatic carbocycles. The SMILES string of the molecule is C=C1CCN(C)[C@@H](c2ccc(OC)cc2)CNc2ccc(Cl)cc21. The number of hydrogen-bond donors (Lipinski definition) is 1. The van der Waals surface area contributed by atoms with Crippen LogP contribution in [0.4, 0.5) is 5.69 Å². The lowest BCUT2D eigenvalue weighted by atomic mass is 10.0. The van der Waals surface area contributed by atoms with Crippen molar-refractivity contribution in [1.29, 1.82) is 0 Å². The molecule has 1 aliphatic rings. The number of nitrogens with one attached hydrogen (secondary N) is 1. The van der Waals surface area contributed by atoms with E-state index in [1.807, 2.05) is 30.3 Å². The fraction of sp³-hybridized carbons (Fsp3) is 0.300. The number of halogens is 1. The topological polar surface area (TPSA) is 24.5 Å². The molecule has 0 fully saturated rings. The number of anilines is 1. The first kappa shape index (κ1) is 16.9. The Morgan fingerprint density at radius 1 is 1.21 bits per heavy atom. The lowest BCUT2D eigenvalue weighted by Crippen LogP contribution is -2.30. The summed E-state index contributed by atoms with van der Waals surface area (Å²) in [6, 6.07) is 14.5. The molecule has 24 heavy (non-hydrogen) atoms. The van der Waals surface area contributed by atoms with Gasteiger partial charge in [-0.25, -0.2) is 0 Å². The van der Waals surface area contributed by atoms with Crippen LogP contribution in [0.5, 0.6) is 5.75 Å². The lowest BCUT2D eigenvalue weighted by Gasteiger charge is -2.28. The van der Waals surface area contributed by atoms with Crippen molar-refractivity contribution in [2.24, 2.45) is 0 Å². The monoisotopic (exact) mass is 342 g/mol. The predicted molar refractivity (Wildman–Crippen MR) is 102 cm³/mol. The van der Waals surface area contributed by atoms with E-state index in [-0.39, 0.29) is 6.04 Å². The second-order valence-electron chi connectivity index (χ2n) is 6.19. The molecule has 0 saturated heterocycles. The Balaban J connectivity index is 1.89. The Labute approximate surface area is 148 Å². The molecule has 1 heterocycles. The summed E-state index contributed by atoms with van der Waals surface area (Å²) in [5.41, 5.74) is 4.60. The van der Waals surface area contributed by atoms with Crippen LogP contribution >= 0.6 is 11.6 Å². The normalized spacial score (nSPS) is 18.8. The van der Waals surface area contributed by atoms with E-state index in [4.69, 9.17) is 16.3 Å². The third-order valence-corrected chi connectivity index (χ3v) is 4.88. The van der Waals surface area contributed by atoms with E-state index in [9.17, 15) is 0 Å². The van der Waals surface area contributed by atoms with Gasteiger partial charge < -0.3 is 10.1 Å². The van der Waals surface area contributed by atoms with Crippen molar-refractivity contribution in [3.63, 3.8) is 0 Å². The molecule has 4 heteroatoms. The van der Waals surface area contributed by atoms with Crippen LogP contribution in [0.2, 0.25) is 5.02 Å². The Kier molecular flexibility index (Phi) is 5.12. The molecule has 0 unspecified atom stereocenters. The molecule has 0 bridgehead atoms. The van der Waals surface area contributed by atoms with E-state index in [1.165, 1.54) is 5.56 Å². The smallest absolute Gasteiger partial charge is 0.118 e. The standard InChI is InChI=1S/C20H23ClN2O/c1-14-10-11-23(2)20(15-4-7-17(24-3)8-5-15)13-22-19-9-6-16(21)12-18(14)19/h4-9,12,20,22H,1,10-11,13H2,2-3H3/t20-/m1/s1. The number of nitrogens with zero attached hydrogens (tertiary/aromatic N) is 1. The van der Waals surface area contributed by atoms with E-state index >= 15 is 0 Å². The van der Waals surface area contributed by atoms with Crippen molar-refractivity contribution in [3.05, 3.63) is 65.2 Å². The van der Waals surface area contributed by atoms with Gasteiger partial charge in [-0.15, -0.1) is 0 Å². The maximum atomic E-state index is 6.17. The van der Waals surface area contributed by atoms with Gasteiger partial charge in [0.05, 0.1) is 13.2 Å². The molecule has 3 rings (SSSR count). The van der Waals surface area contributed by atoms with E-state index in [2.05, 4.69) is 36.0 Å². The van der Waals surface area contributed by atoms with Crippen molar-refractivity contribution in [1.82, 2.24) is 4.90 Å². The Bertz CT molecular complexity index is 727. The molecule has 2 aromatic rings. The average Bonchev–Trinajstić information content (AvgIpc) is 2.66. The molecule has 0 spiro atoms. The minimum absolute atomic E-state index is 0.283. The van der Waals surface area contributed by atoms with E-state index in [0.717, 1.165) is 47.1 Å². The number of methoxy groups -OCH3 is 1. The number of rotatable bonds is 2. The van der Waals surface area contributed by atoms with Crippen LogP contribution in [0.15, 0.2) is 49.0 Å². The largest absolute Gasteiger partial charge is 0.497 e. The van der Waals surface area contributed by atoms with Crippen LogP contribution < -0.4 is 10.1 Å². The highest BCUT2D eigenvalue weighted by molar-refractivity contribution is 6.30. The molecule has 1 atom stereocenters. The fourth-order valence-corrected chi connectivity index (χ4v) is 3.30. The summed E-state index contributed by atoms with van der Waals surface area (Å²) < 4.78 is 5.27. The molecule has 3 nitrogen and oxygen atoms in total. The minimum Gasteiger partial charge on any atom is -0.497 e. The maximum Gasteiger partial charge on any atom is 0.118 e. The van der Waals surface area contributed by atoms with E-state index < -0.39 is 0 Å². The molecule has 1 N–H and O–H groups in total. The highest BCUT2D eigenvalue weighted by Crippen LogP contribution is 2.32. The zero-order valence-corrected chi connectivity index (χ0v) is 14.9. The highest BCUT2D eigenvalue weighted by atomic mass is 35.5. The van der Waals surface area contributed by atoms with Gasteiger partial charge in [-0.05, 0) is 54.9 Å². The summed E-state index contributed by atoms with van der Waals surface area (Å²) >= 11 is 6.17. The molecular weight excluding hydrogens is 320 g/mol. The lowest BCUT2D eigenvalue weighted by molar-refractivity contribution is 0.261. The van der Waals surface area contributed by atoms with Crippen LogP contribution in [0.25, 0.3) is 5.57 Å². The van der Waals surface area contributed by atoms with Gasteiger partial charge in [0.15, 0.2) is 0 Å². The first-order valence-corrected chi connectivity index (χ1v) is 8.52. The maximum absolute atomic E-state index is 6.17. The quantitative estimate of drug-likeness (QED) is 0.844. The first-order chi connectivity index (χ1) is 11.6. The molecular formula is C20H23ClN2O. The number of ether oxygens (including phenoxy) is 1. The summed E-state index contributed by atoms with van der Waals surface area (Å²) in [4.78, 5) is 2.37. The first-order valence-electron chi connectivity index (χ1n) is 8.14. The molecule has 0 aliphatic carbocycles. The summed E-state index contributed by atoms with van der Waals surface area (Å²) in [7, 11) is 3.85.